The summed E-state index contributed by atoms with van der Waals surface area (Å²) < 4.78 is 12.2. The standard InChI is InChI=1S/C37H35N3O5S2/c1-3-5-8-21-45-29-15-10-13-26(22-29)32-31(33(41)25-17-19-28(20-18-25)44-4-2)34(42)35(43)40(32)36-38-39-37(47-36)46-23-27-14-9-12-24-11-6-7-16-30(24)27/h6-7,9-20,22,32,41H,3-5,8,21,23H2,1-2H3. The van der Waals surface area contributed by atoms with Crippen LogP contribution in [0.2, 0.25) is 0 Å². The van der Waals surface area contributed by atoms with E-state index in [9.17, 15) is 14.7 Å². The van der Waals surface area contributed by atoms with E-state index in [2.05, 4.69) is 41.4 Å². The van der Waals surface area contributed by atoms with Crippen LogP contribution in [0, 0.1) is 0 Å². The largest absolute Gasteiger partial charge is 0.507 e. The summed E-state index contributed by atoms with van der Waals surface area (Å²) in [5.41, 5.74) is 2.15. The summed E-state index contributed by atoms with van der Waals surface area (Å²) in [5.74, 6) is 0.0655. The normalized spacial score (nSPS) is 15.8. The van der Waals surface area contributed by atoms with Gasteiger partial charge < -0.3 is 14.6 Å². The van der Waals surface area contributed by atoms with Gasteiger partial charge in [-0.15, -0.1) is 10.2 Å². The van der Waals surface area contributed by atoms with E-state index in [4.69, 9.17) is 9.47 Å². The number of fused-ring (bicyclic) bond motifs is 1. The number of aromatic nitrogens is 2. The van der Waals surface area contributed by atoms with Crippen LogP contribution in [0.5, 0.6) is 11.5 Å². The van der Waals surface area contributed by atoms with E-state index in [0.717, 1.165) is 30.2 Å². The summed E-state index contributed by atoms with van der Waals surface area (Å²) in [6.45, 7) is 5.07. The highest BCUT2D eigenvalue weighted by atomic mass is 32.2. The van der Waals surface area contributed by atoms with Gasteiger partial charge in [0.1, 0.15) is 17.3 Å². The van der Waals surface area contributed by atoms with E-state index in [1.165, 1.54) is 33.4 Å². The summed E-state index contributed by atoms with van der Waals surface area (Å²) >= 11 is 2.76. The number of unbranched alkanes of at least 4 members (excludes halogenated alkanes) is 2. The van der Waals surface area contributed by atoms with E-state index >= 15 is 0 Å². The first kappa shape index (κ1) is 32.3. The maximum Gasteiger partial charge on any atom is 0.301 e. The number of aliphatic hydroxyl groups excluding tert-OH is 1. The van der Waals surface area contributed by atoms with Gasteiger partial charge in [-0.2, -0.15) is 0 Å². The fourth-order valence-electron chi connectivity index (χ4n) is 5.61. The lowest BCUT2D eigenvalue weighted by atomic mass is 9.95. The lowest BCUT2D eigenvalue weighted by molar-refractivity contribution is -0.132. The molecule has 0 saturated carbocycles. The molecule has 1 fully saturated rings. The monoisotopic (exact) mass is 665 g/mol. The first-order valence-corrected chi connectivity index (χ1v) is 17.5. The minimum absolute atomic E-state index is 0.0255. The van der Waals surface area contributed by atoms with Gasteiger partial charge in [0.2, 0.25) is 5.13 Å². The molecule has 240 valence electrons. The first-order chi connectivity index (χ1) is 23.0. The predicted molar refractivity (Wildman–Crippen MR) is 187 cm³/mol. The number of anilines is 1. The number of hydrogen-bond acceptors (Lipinski definition) is 9. The van der Waals surface area contributed by atoms with Crippen molar-refractivity contribution in [1.29, 1.82) is 0 Å². The molecule has 0 bridgehead atoms. The molecule has 8 nitrogen and oxygen atoms in total. The molecular weight excluding hydrogens is 631 g/mol. The molecule has 1 aliphatic heterocycles. The molecule has 10 heteroatoms. The fraction of sp³-hybridized carbons (Fsp3) is 0.243. The number of ether oxygens (including phenoxy) is 2. The van der Waals surface area contributed by atoms with E-state index < -0.39 is 17.7 Å². The Morgan fingerprint density at radius 3 is 2.49 bits per heavy atom. The number of rotatable bonds is 13. The minimum atomic E-state index is -0.940. The molecule has 1 aliphatic rings. The van der Waals surface area contributed by atoms with Gasteiger partial charge >= 0.3 is 5.91 Å². The molecule has 1 saturated heterocycles. The van der Waals surface area contributed by atoms with Crippen molar-refractivity contribution >= 4 is 56.5 Å². The highest BCUT2D eigenvalue weighted by molar-refractivity contribution is 8.00. The Bertz CT molecular complexity index is 1920. The Kier molecular flexibility index (Phi) is 10.2. The molecule has 1 aromatic heterocycles. The van der Waals surface area contributed by atoms with E-state index in [-0.39, 0.29) is 16.5 Å². The Balaban J connectivity index is 1.35. The molecule has 1 amide bonds. The highest BCUT2D eigenvalue weighted by Gasteiger charge is 2.48. The van der Waals surface area contributed by atoms with Crippen molar-refractivity contribution in [3.05, 3.63) is 113 Å². The topological polar surface area (TPSA) is 102 Å². The lowest BCUT2D eigenvalue weighted by Gasteiger charge is -2.23. The number of carbonyl (C=O) groups is 2. The lowest BCUT2D eigenvalue weighted by Crippen LogP contribution is -2.29. The summed E-state index contributed by atoms with van der Waals surface area (Å²) in [7, 11) is 0. The molecule has 4 aromatic carbocycles. The third-order valence-corrected chi connectivity index (χ3v) is 10.0. The van der Waals surface area contributed by atoms with Gasteiger partial charge in [0.05, 0.1) is 24.8 Å². The summed E-state index contributed by atoms with van der Waals surface area (Å²) in [4.78, 5) is 28.8. The Hall–Kier alpha value is -4.67. The fourth-order valence-corrected chi connectivity index (χ4v) is 7.48. The highest BCUT2D eigenvalue weighted by Crippen LogP contribution is 2.45. The second-order valence-corrected chi connectivity index (χ2v) is 13.2. The molecule has 0 radical (unpaired) electrons. The molecule has 1 N–H and O–H groups in total. The van der Waals surface area contributed by atoms with Crippen molar-refractivity contribution in [3.63, 3.8) is 0 Å². The number of thioether (sulfide) groups is 1. The van der Waals surface area contributed by atoms with Gasteiger partial charge in [-0.05, 0) is 71.6 Å². The number of hydrogen-bond donors (Lipinski definition) is 1. The average molecular weight is 666 g/mol. The number of ketones is 1. The van der Waals surface area contributed by atoms with Gasteiger partial charge in [0.15, 0.2) is 4.34 Å². The van der Waals surface area contributed by atoms with Gasteiger partial charge in [-0.1, -0.05) is 97.5 Å². The van der Waals surface area contributed by atoms with Crippen LogP contribution in [0.15, 0.2) is 101 Å². The Labute approximate surface area is 282 Å². The summed E-state index contributed by atoms with van der Waals surface area (Å²) in [5, 5.41) is 22.9. The molecule has 6 rings (SSSR count). The van der Waals surface area contributed by atoms with Crippen LogP contribution >= 0.6 is 23.1 Å². The van der Waals surface area contributed by atoms with Crippen LogP contribution < -0.4 is 14.4 Å². The molecule has 2 heterocycles. The quantitative estimate of drug-likeness (QED) is 0.0333. The Morgan fingerprint density at radius 1 is 0.894 bits per heavy atom. The van der Waals surface area contributed by atoms with Crippen LogP contribution in [0.4, 0.5) is 5.13 Å². The molecule has 0 spiro atoms. The van der Waals surface area contributed by atoms with Gasteiger partial charge in [-0.3, -0.25) is 14.5 Å². The summed E-state index contributed by atoms with van der Waals surface area (Å²) in [6.07, 6.45) is 3.05. The molecule has 1 unspecified atom stereocenters. The maximum atomic E-state index is 13.8. The SMILES string of the molecule is CCCCCOc1cccc(C2C(=C(O)c3ccc(OCC)cc3)C(=O)C(=O)N2c2nnc(SCc3cccc4ccccc34)s2)c1. The zero-order valence-electron chi connectivity index (χ0n) is 26.2. The first-order valence-electron chi connectivity index (χ1n) is 15.7. The zero-order chi connectivity index (χ0) is 32.8. The van der Waals surface area contributed by atoms with Crippen molar-refractivity contribution in [3.8, 4) is 11.5 Å². The smallest absolute Gasteiger partial charge is 0.301 e. The second kappa shape index (κ2) is 14.8. The third-order valence-electron chi connectivity index (χ3n) is 7.91. The number of aliphatic hydroxyl groups is 1. The predicted octanol–water partition coefficient (Wildman–Crippen LogP) is 8.58. The summed E-state index contributed by atoms with van der Waals surface area (Å²) in [6, 6.07) is 27.6. The van der Waals surface area contributed by atoms with E-state index in [1.54, 1.807) is 24.3 Å². The molecule has 1 atom stereocenters. The van der Waals surface area contributed by atoms with Crippen LogP contribution in [0.1, 0.15) is 55.8 Å². The van der Waals surface area contributed by atoms with Crippen molar-refractivity contribution in [2.45, 2.75) is 49.2 Å². The third kappa shape index (κ3) is 7.03. The Morgan fingerprint density at radius 2 is 1.68 bits per heavy atom. The van der Waals surface area contributed by atoms with Crippen LogP contribution in [0.25, 0.3) is 16.5 Å². The van der Waals surface area contributed by atoms with Crippen LogP contribution in [-0.4, -0.2) is 40.2 Å². The van der Waals surface area contributed by atoms with E-state index in [0.29, 0.717) is 45.9 Å². The maximum absolute atomic E-state index is 13.8. The van der Waals surface area contributed by atoms with Crippen LogP contribution in [-0.2, 0) is 15.3 Å². The number of nitrogens with zero attached hydrogens (tertiary/aromatic N) is 3. The van der Waals surface area contributed by atoms with Crippen LogP contribution in [0.3, 0.4) is 0 Å². The van der Waals surface area contributed by atoms with Gasteiger partial charge in [0, 0.05) is 11.3 Å². The molecule has 5 aromatic rings. The number of carbonyl (C=O) groups excluding carboxylic acids is 2. The second-order valence-electron chi connectivity index (χ2n) is 11.0. The average Bonchev–Trinajstić information content (AvgIpc) is 3.67. The molecule has 0 aliphatic carbocycles. The number of Topliss-reactive ketones (excluding diaryl/α,β-unsaturated/α-hetero) is 1. The van der Waals surface area contributed by atoms with Crippen molar-refractivity contribution in [2.75, 3.05) is 18.1 Å². The van der Waals surface area contributed by atoms with E-state index in [1.807, 2.05) is 49.4 Å². The van der Waals surface area contributed by atoms with Gasteiger partial charge in [-0.25, -0.2) is 0 Å². The number of amides is 1. The number of benzene rings is 4. The minimum Gasteiger partial charge on any atom is -0.507 e. The molecular formula is C37H35N3O5S2. The van der Waals surface area contributed by atoms with Crippen molar-refractivity contribution < 1.29 is 24.2 Å². The van der Waals surface area contributed by atoms with Crippen molar-refractivity contribution in [1.82, 2.24) is 10.2 Å². The van der Waals surface area contributed by atoms with Crippen molar-refractivity contribution in [2.24, 2.45) is 0 Å². The van der Waals surface area contributed by atoms with Gasteiger partial charge in [0.25, 0.3) is 5.78 Å². The zero-order valence-corrected chi connectivity index (χ0v) is 27.9. The molecule has 47 heavy (non-hydrogen) atoms.